The molecule has 1 aliphatic rings. The van der Waals surface area contributed by atoms with Gasteiger partial charge in [0.1, 0.15) is 11.9 Å². The zero-order valence-corrected chi connectivity index (χ0v) is 8.11. The number of carbonyl (C=O) groups is 1. The van der Waals surface area contributed by atoms with Crippen molar-refractivity contribution in [3.8, 4) is 0 Å². The second-order valence-corrected chi connectivity index (χ2v) is 3.74. The Morgan fingerprint density at radius 1 is 1.47 bits per heavy atom. The van der Waals surface area contributed by atoms with Gasteiger partial charge in [-0.15, -0.1) is 0 Å². The molecule has 15 heavy (non-hydrogen) atoms. The molecule has 0 bridgehead atoms. The van der Waals surface area contributed by atoms with E-state index in [2.05, 4.69) is 5.32 Å². The summed E-state index contributed by atoms with van der Waals surface area (Å²) < 4.78 is 12.9. The molecule has 3 nitrogen and oxygen atoms in total. The monoisotopic (exact) mass is 209 g/mol. The fourth-order valence-corrected chi connectivity index (χ4v) is 1.92. The Labute approximate surface area is 86.9 Å². The number of carboxylic acids is 1. The average Bonchev–Trinajstić information content (AvgIpc) is 2.66. The van der Waals surface area contributed by atoms with Crippen molar-refractivity contribution in [2.24, 2.45) is 0 Å². The van der Waals surface area contributed by atoms with Gasteiger partial charge in [-0.2, -0.15) is 0 Å². The summed E-state index contributed by atoms with van der Waals surface area (Å²) in [6.07, 6.45) is 1.33. The molecule has 0 aliphatic carbocycles. The van der Waals surface area contributed by atoms with E-state index in [0.29, 0.717) is 6.42 Å². The second kappa shape index (κ2) is 3.98. The summed E-state index contributed by atoms with van der Waals surface area (Å²) in [7, 11) is 0. The summed E-state index contributed by atoms with van der Waals surface area (Å²) in [5.74, 6) is -1.12. The first-order valence-electron chi connectivity index (χ1n) is 4.91. The van der Waals surface area contributed by atoms with Gasteiger partial charge in [-0.25, -0.2) is 4.39 Å². The maximum absolute atomic E-state index is 12.9. The molecule has 0 amide bonds. The van der Waals surface area contributed by atoms with Gasteiger partial charge < -0.3 is 5.11 Å². The van der Waals surface area contributed by atoms with Crippen LogP contribution in [0.4, 0.5) is 4.39 Å². The zero-order chi connectivity index (χ0) is 10.8. The Kier molecular flexibility index (Phi) is 2.68. The van der Waals surface area contributed by atoms with Gasteiger partial charge in [-0.1, -0.05) is 12.1 Å². The first-order valence-corrected chi connectivity index (χ1v) is 4.91. The molecule has 4 heteroatoms. The summed E-state index contributed by atoms with van der Waals surface area (Å²) in [5.41, 5.74) is 0.818. The predicted octanol–water partition coefficient (Wildman–Crippen LogP) is 1.70. The fourth-order valence-electron chi connectivity index (χ4n) is 1.92. The van der Waals surface area contributed by atoms with Gasteiger partial charge >= 0.3 is 5.97 Å². The number of halogens is 1. The molecule has 2 N–H and O–H groups in total. The standard InChI is InChI=1S/C11H12FNO2/c12-8-3-1-2-7(6-8)9-4-5-10(13-9)11(14)15/h1-3,6,9-10,13H,4-5H2,(H,14,15)/t9-,10+/m0/s1. The highest BCUT2D eigenvalue weighted by Gasteiger charge is 2.29. The van der Waals surface area contributed by atoms with Crippen molar-refractivity contribution in [1.29, 1.82) is 0 Å². The summed E-state index contributed by atoms with van der Waals surface area (Å²) >= 11 is 0. The van der Waals surface area contributed by atoms with Crippen LogP contribution in [0.25, 0.3) is 0 Å². The maximum Gasteiger partial charge on any atom is 0.320 e. The highest BCUT2D eigenvalue weighted by molar-refractivity contribution is 5.73. The highest BCUT2D eigenvalue weighted by Crippen LogP contribution is 2.26. The predicted molar refractivity (Wildman–Crippen MR) is 52.9 cm³/mol. The molecule has 0 radical (unpaired) electrons. The van der Waals surface area contributed by atoms with Gasteiger partial charge in [-0.3, -0.25) is 10.1 Å². The molecule has 1 aromatic rings. The zero-order valence-electron chi connectivity index (χ0n) is 8.11. The fraction of sp³-hybridized carbons (Fsp3) is 0.364. The van der Waals surface area contributed by atoms with E-state index < -0.39 is 12.0 Å². The SMILES string of the molecule is O=C(O)[C@H]1CC[C@@H](c2cccc(F)c2)N1. The summed E-state index contributed by atoms with van der Waals surface area (Å²) in [6.45, 7) is 0. The Morgan fingerprint density at radius 3 is 2.87 bits per heavy atom. The van der Waals surface area contributed by atoms with E-state index >= 15 is 0 Å². The first kappa shape index (κ1) is 10.1. The van der Waals surface area contributed by atoms with Gasteiger partial charge in [0.25, 0.3) is 0 Å². The van der Waals surface area contributed by atoms with E-state index in [4.69, 9.17) is 5.11 Å². The van der Waals surface area contributed by atoms with Crippen LogP contribution in [0.1, 0.15) is 24.4 Å². The van der Waals surface area contributed by atoms with Crippen molar-refractivity contribution in [1.82, 2.24) is 5.32 Å². The quantitative estimate of drug-likeness (QED) is 0.779. The molecule has 1 fully saturated rings. The van der Waals surface area contributed by atoms with Crippen LogP contribution in [0.15, 0.2) is 24.3 Å². The summed E-state index contributed by atoms with van der Waals surface area (Å²) in [5, 5.41) is 11.8. The second-order valence-electron chi connectivity index (χ2n) is 3.74. The van der Waals surface area contributed by atoms with Gasteiger partial charge in [0.05, 0.1) is 0 Å². The van der Waals surface area contributed by atoms with Gasteiger partial charge in [0.2, 0.25) is 0 Å². The number of nitrogens with one attached hydrogen (secondary N) is 1. The third kappa shape index (κ3) is 2.15. The van der Waals surface area contributed by atoms with Crippen LogP contribution in [0.5, 0.6) is 0 Å². The van der Waals surface area contributed by atoms with Crippen LogP contribution < -0.4 is 5.32 Å². The Balaban J connectivity index is 2.11. The van der Waals surface area contributed by atoms with Crippen molar-refractivity contribution >= 4 is 5.97 Å². The molecule has 1 heterocycles. The van der Waals surface area contributed by atoms with E-state index in [1.807, 2.05) is 6.07 Å². The lowest BCUT2D eigenvalue weighted by Crippen LogP contribution is -2.31. The molecule has 0 aromatic heterocycles. The van der Waals surface area contributed by atoms with E-state index in [0.717, 1.165) is 12.0 Å². The van der Waals surface area contributed by atoms with Gasteiger partial charge in [0, 0.05) is 6.04 Å². The Morgan fingerprint density at radius 2 is 2.27 bits per heavy atom. The average molecular weight is 209 g/mol. The van der Waals surface area contributed by atoms with Gasteiger partial charge in [0.15, 0.2) is 0 Å². The molecule has 2 atom stereocenters. The van der Waals surface area contributed by atoms with Crippen LogP contribution >= 0.6 is 0 Å². The van der Waals surface area contributed by atoms with Crippen LogP contribution in [0.3, 0.4) is 0 Å². The number of aliphatic carboxylic acids is 1. The first-order chi connectivity index (χ1) is 7.16. The number of hydrogen-bond acceptors (Lipinski definition) is 2. The molecule has 0 unspecified atom stereocenters. The van der Waals surface area contributed by atoms with Crippen LogP contribution in [0, 0.1) is 5.82 Å². The number of hydrogen-bond donors (Lipinski definition) is 2. The van der Waals surface area contributed by atoms with Gasteiger partial charge in [-0.05, 0) is 30.5 Å². The molecule has 1 aromatic carbocycles. The van der Waals surface area contributed by atoms with Crippen molar-refractivity contribution in [2.75, 3.05) is 0 Å². The lowest BCUT2D eigenvalue weighted by molar-refractivity contribution is -0.139. The third-order valence-corrected chi connectivity index (χ3v) is 2.70. The largest absolute Gasteiger partial charge is 0.480 e. The molecule has 80 valence electrons. The molecule has 2 rings (SSSR count). The van der Waals surface area contributed by atoms with Crippen molar-refractivity contribution < 1.29 is 14.3 Å². The van der Waals surface area contributed by atoms with E-state index in [9.17, 15) is 9.18 Å². The van der Waals surface area contributed by atoms with Crippen LogP contribution in [-0.4, -0.2) is 17.1 Å². The minimum atomic E-state index is -0.839. The molecule has 0 spiro atoms. The normalized spacial score (nSPS) is 25.4. The summed E-state index contributed by atoms with van der Waals surface area (Å²) in [4.78, 5) is 10.7. The van der Waals surface area contributed by atoms with E-state index in [1.165, 1.54) is 12.1 Å². The molecule has 1 aliphatic heterocycles. The van der Waals surface area contributed by atoms with Crippen molar-refractivity contribution in [2.45, 2.75) is 24.9 Å². The molecular formula is C11H12FNO2. The number of rotatable bonds is 2. The molecule has 0 saturated carbocycles. The minimum Gasteiger partial charge on any atom is -0.480 e. The lowest BCUT2D eigenvalue weighted by atomic mass is 10.1. The van der Waals surface area contributed by atoms with Crippen molar-refractivity contribution in [3.05, 3.63) is 35.6 Å². The smallest absolute Gasteiger partial charge is 0.320 e. The Bertz CT molecular complexity index is 381. The topological polar surface area (TPSA) is 49.3 Å². The third-order valence-electron chi connectivity index (χ3n) is 2.70. The highest BCUT2D eigenvalue weighted by atomic mass is 19.1. The Hall–Kier alpha value is -1.42. The number of carboxylic acid groups (broad SMARTS) is 1. The van der Waals surface area contributed by atoms with E-state index in [-0.39, 0.29) is 11.9 Å². The van der Waals surface area contributed by atoms with Crippen molar-refractivity contribution in [3.63, 3.8) is 0 Å². The minimum absolute atomic E-state index is 0.0400. The van der Waals surface area contributed by atoms with Crippen LogP contribution in [-0.2, 0) is 4.79 Å². The maximum atomic E-state index is 12.9. The summed E-state index contributed by atoms with van der Waals surface area (Å²) in [6, 6.07) is 5.74. The van der Waals surface area contributed by atoms with E-state index in [1.54, 1.807) is 6.07 Å². The molecular weight excluding hydrogens is 197 g/mol. The number of benzene rings is 1. The molecule has 1 saturated heterocycles. The van der Waals surface area contributed by atoms with Crippen LogP contribution in [0.2, 0.25) is 0 Å². The lowest BCUT2D eigenvalue weighted by Gasteiger charge is -2.11.